The lowest BCUT2D eigenvalue weighted by Crippen LogP contribution is -2.08. The molecule has 5 N–H and O–H groups in total. The number of hydrogen-bond acceptors (Lipinski definition) is 18. The summed E-state index contributed by atoms with van der Waals surface area (Å²) in [6.07, 6.45) is 28.8. The number of benzene rings is 3. The van der Waals surface area contributed by atoms with Gasteiger partial charge in [0.1, 0.15) is 0 Å². The van der Waals surface area contributed by atoms with Crippen LogP contribution in [-0.2, 0) is 77.0 Å². The number of aromatic amines is 1. The van der Waals surface area contributed by atoms with Gasteiger partial charge in [0, 0.05) is 130 Å². The third-order valence-corrected chi connectivity index (χ3v) is 20.4. The van der Waals surface area contributed by atoms with Gasteiger partial charge in [-0.05, 0) is 245 Å². The number of Topliss-reactive ketones (excluding diaryl/α,β-unsaturated/α-hetero) is 1. The second-order valence-corrected chi connectivity index (χ2v) is 29.5. The molecule has 13 rings (SSSR count). The van der Waals surface area contributed by atoms with Gasteiger partial charge in [-0.15, -0.1) is 44.2 Å². The highest BCUT2D eigenvalue weighted by atomic mass is 32.1. The number of pyridine rings is 6. The molecule has 568 valence electrons. The smallest absolute Gasteiger partial charge is 0.336 e. The summed E-state index contributed by atoms with van der Waals surface area (Å²) in [7, 11) is 4.01. The summed E-state index contributed by atoms with van der Waals surface area (Å²) >= 11 is 4.59. The molecule has 111 heavy (non-hydrogen) atoms. The summed E-state index contributed by atoms with van der Waals surface area (Å²) in [5.41, 5.74) is 15.4. The lowest BCUT2D eigenvalue weighted by molar-refractivity contribution is 0.0684. The van der Waals surface area contributed by atoms with Gasteiger partial charge in [0.15, 0.2) is 5.13 Å². The van der Waals surface area contributed by atoms with Crippen molar-refractivity contribution in [3.05, 3.63) is 350 Å². The van der Waals surface area contributed by atoms with Crippen LogP contribution in [0.25, 0.3) is 16.2 Å². The summed E-state index contributed by atoms with van der Waals surface area (Å²) in [5, 5.41) is 50.1. The van der Waals surface area contributed by atoms with Crippen LogP contribution in [0.2, 0.25) is 0 Å². The first kappa shape index (κ1) is 84.1. The molecule has 25 heteroatoms. The number of carbonyl (C=O) groups is 5. The van der Waals surface area contributed by atoms with Gasteiger partial charge in [-0.2, -0.15) is 9.60 Å². The maximum Gasteiger partial charge on any atom is 0.336 e. The normalized spacial score (nSPS) is 10.4. The highest BCUT2D eigenvalue weighted by molar-refractivity contribution is 7.12. The Labute approximate surface area is 656 Å². The fraction of sp³-hybridized carbons (Fsp3) is 0.221. The maximum absolute atomic E-state index is 12.8. The predicted molar refractivity (Wildman–Crippen MR) is 432 cm³/mol. The number of rotatable bonds is 26. The van der Waals surface area contributed by atoms with Crippen LogP contribution in [0.5, 0.6) is 0 Å². The maximum atomic E-state index is 12.8. The zero-order chi connectivity index (χ0) is 79.4. The number of aromatic nitrogens is 10. The number of aryl methyl sites for hydroxylation is 16. The zero-order valence-corrected chi connectivity index (χ0v) is 64.8. The molecule has 3 aromatic carbocycles. The molecule has 0 saturated carbocycles. The second-order valence-electron chi connectivity index (χ2n) is 25.7. The van der Waals surface area contributed by atoms with Crippen LogP contribution in [0, 0.1) is 39.4 Å². The number of aromatic carboxylic acids is 4. The topological polar surface area (TPSA) is 306 Å². The van der Waals surface area contributed by atoms with Gasteiger partial charge in [0.2, 0.25) is 11.6 Å². The molecular weight excluding hydrogens is 1460 g/mol. The van der Waals surface area contributed by atoms with E-state index in [4.69, 9.17) is 27.0 Å². The van der Waals surface area contributed by atoms with Crippen molar-refractivity contribution < 1.29 is 48.8 Å². The highest BCUT2D eigenvalue weighted by Crippen LogP contribution is 2.25. The van der Waals surface area contributed by atoms with E-state index in [1.54, 1.807) is 96.4 Å². The summed E-state index contributed by atoms with van der Waals surface area (Å²) in [5.74, 6) is -3.13. The molecule has 0 saturated heterocycles. The van der Waals surface area contributed by atoms with Gasteiger partial charge in [0.25, 0.3) is 6.54 Å². The van der Waals surface area contributed by atoms with Crippen LogP contribution in [0.15, 0.2) is 220 Å². The van der Waals surface area contributed by atoms with E-state index in [-0.39, 0.29) is 23.0 Å². The molecule has 0 aliphatic rings. The van der Waals surface area contributed by atoms with Crippen molar-refractivity contribution in [1.29, 1.82) is 0 Å². The molecule has 13 aromatic rings. The van der Waals surface area contributed by atoms with E-state index in [1.165, 1.54) is 84.2 Å². The average Bonchev–Trinajstić information content (AvgIpc) is 1.13. The van der Waals surface area contributed by atoms with E-state index in [1.807, 2.05) is 31.3 Å². The largest absolute Gasteiger partial charge is 0.478 e. The van der Waals surface area contributed by atoms with Crippen molar-refractivity contribution in [2.24, 2.45) is 0 Å². The molecule has 0 bridgehead atoms. The number of ketones is 1. The fourth-order valence-electron chi connectivity index (χ4n) is 11.3. The van der Waals surface area contributed by atoms with E-state index < -0.39 is 23.9 Å². The molecule has 0 aliphatic carbocycles. The molecular formula is C86H85FN12O9S3. The Kier molecular flexibility index (Phi) is 33.4. The van der Waals surface area contributed by atoms with Crippen LogP contribution in [-0.4, -0.2) is 121 Å². The van der Waals surface area contributed by atoms with Crippen molar-refractivity contribution in [3.8, 4) is 11.4 Å². The molecule has 10 heterocycles. The van der Waals surface area contributed by atoms with E-state index in [0.29, 0.717) is 52.9 Å². The number of nitrogens with zero attached hydrogens (tertiary/aromatic N) is 11. The molecule has 0 amide bonds. The average molecular weight is 1550 g/mol. The number of halogens is 1. The fourth-order valence-corrected chi connectivity index (χ4v) is 13.8. The number of anilines is 1. The van der Waals surface area contributed by atoms with Gasteiger partial charge in [-0.1, -0.05) is 71.8 Å². The van der Waals surface area contributed by atoms with Crippen LogP contribution in [0.4, 0.5) is 10.1 Å². The predicted octanol–water partition coefficient (Wildman–Crippen LogP) is 16.9. The van der Waals surface area contributed by atoms with E-state index >= 15 is 0 Å². The van der Waals surface area contributed by atoms with Crippen LogP contribution in [0.1, 0.15) is 137 Å². The summed E-state index contributed by atoms with van der Waals surface area (Å²) in [6.45, 7) is 15.0. The van der Waals surface area contributed by atoms with Gasteiger partial charge < -0.3 is 30.2 Å². The first-order valence-electron chi connectivity index (χ1n) is 35.4. The lowest BCUT2D eigenvalue weighted by Gasteiger charge is -2.12. The van der Waals surface area contributed by atoms with Crippen LogP contribution in [0.3, 0.4) is 0 Å². The molecule has 0 aliphatic heterocycles. The second kappa shape index (κ2) is 44.1. The zero-order valence-electron chi connectivity index (χ0n) is 62.3. The number of H-pyrrole nitrogens is 1. The Morgan fingerprint density at radius 2 is 0.739 bits per heavy atom. The van der Waals surface area contributed by atoms with Gasteiger partial charge in [-0.3, -0.25) is 34.7 Å². The SMILES string of the molecule is CN(C)c1ccc(CCc2cnccc2C(=O)O)cc1.Cc1ccc(CCc2cnccc2-c2nn[nH]n2)cc1.Cc1ccc(CCc2cnccc2C(=O)O)s1.Cc1ccc(CCc2cnccc2C(=O)O)s1.O=C(O)c1ccncc1CCc1ccc(F)s1.[C-]#[N+]CC(=O)c1ccncc1CCc1ccc(C)cc1. The molecule has 0 radical (unpaired) electrons. The van der Waals surface area contributed by atoms with Crippen molar-refractivity contribution in [1.82, 2.24) is 50.5 Å². The molecule has 10 aromatic heterocycles. The number of carbonyl (C=O) groups excluding carboxylic acids is 1. The summed E-state index contributed by atoms with van der Waals surface area (Å²) in [6, 6.07) is 46.5. The Morgan fingerprint density at radius 3 is 1.07 bits per heavy atom. The Hall–Kier alpha value is -12.5. The standard InChI is InChI=1S/C17H16N2O.C16H18N2O2.C15H15N5.2C13H13NO2S.C12H10FNO2S/c1-13-3-5-14(6-4-13)7-8-15-11-19-10-9-16(15)17(20)12-18-2;1-18(2)14-7-4-12(5-8-14)3-6-13-11-17-10-9-15(13)16(19)20;1-11-2-4-12(5-3-11)6-7-13-10-16-9-8-14(13)15-17-19-20-18-15;2*1-9-2-4-11(17-9)5-3-10-8-14-7-6-12(10)13(15)16;13-11-4-3-9(17-11)2-1-8-7-14-6-5-10(8)12(15)16/h3-6,9-11H,7-8,12H2,1H3;4-5,7-11H,3,6H2,1-2H3,(H,19,20);2-5,8-10H,6-7H2,1H3,(H,17,18,19,20);2*2,4,6-8H,3,5H2,1H3,(H,15,16);3-7H,1-2H2,(H,15,16). The summed E-state index contributed by atoms with van der Waals surface area (Å²) < 4.78 is 12.8. The third kappa shape index (κ3) is 27.9. The monoisotopic (exact) mass is 1540 g/mol. The molecule has 0 atom stereocenters. The van der Waals surface area contributed by atoms with Crippen LogP contribution < -0.4 is 4.90 Å². The molecule has 0 unspecified atom stereocenters. The minimum atomic E-state index is -0.959. The quantitative estimate of drug-likeness (QED) is 0.0248. The van der Waals surface area contributed by atoms with Crippen molar-refractivity contribution in [2.75, 3.05) is 25.5 Å². The number of carboxylic acids is 4. The number of hydrogen-bond donors (Lipinski definition) is 5. The molecule has 0 spiro atoms. The first-order valence-corrected chi connectivity index (χ1v) is 37.9. The van der Waals surface area contributed by atoms with E-state index in [0.717, 1.165) is 113 Å². The molecule has 0 fully saturated rings. The van der Waals surface area contributed by atoms with Gasteiger partial charge >= 0.3 is 23.9 Å². The lowest BCUT2D eigenvalue weighted by atomic mass is 9.99. The highest BCUT2D eigenvalue weighted by Gasteiger charge is 2.17. The van der Waals surface area contributed by atoms with Gasteiger partial charge in [0.05, 0.1) is 22.3 Å². The summed E-state index contributed by atoms with van der Waals surface area (Å²) in [4.78, 5) is 91.4. The Balaban J connectivity index is 0.000000168. The van der Waals surface area contributed by atoms with Crippen LogP contribution >= 0.6 is 34.0 Å². The first-order chi connectivity index (χ1) is 53.6. The number of carboxylic acid groups (broad SMARTS) is 4. The number of thiophene rings is 3. The Morgan fingerprint density at radius 1 is 0.405 bits per heavy atom. The minimum absolute atomic E-state index is 0.0957. The van der Waals surface area contributed by atoms with Crippen molar-refractivity contribution in [3.63, 3.8) is 0 Å². The Bertz CT molecular complexity index is 4950. The van der Waals surface area contributed by atoms with Crippen molar-refractivity contribution in [2.45, 2.75) is 105 Å². The van der Waals surface area contributed by atoms with Crippen molar-refractivity contribution >= 4 is 69.4 Å². The number of tetrazole rings is 1. The van der Waals surface area contributed by atoms with E-state index in [2.05, 4.69) is 180 Å². The third-order valence-electron chi connectivity index (χ3n) is 17.3. The minimum Gasteiger partial charge on any atom is -0.478 e. The number of nitrogens with one attached hydrogen (secondary N) is 1. The molecule has 21 nitrogen and oxygen atoms in total. The van der Waals surface area contributed by atoms with E-state index in [9.17, 15) is 28.4 Å². The van der Waals surface area contributed by atoms with Gasteiger partial charge in [-0.25, -0.2) is 25.8 Å².